The summed E-state index contributed by atoms with van der Waals surface area (Å²) in [6, 6.07) is 1.68. The van der Waals surface area contributed by atoms with Gasteiger partial charge in [0.15, 0.2) is 5.69 Å². The minimum atomic E-state index is -0.133. The number of hydrogen-bond donors (Lipinski definition) is 0. The number of likely N-dealkylation sites (tertiary alicyclic amines) is 1. The summed E-state index contributed by atoms with van der Waals surface area (Å²) in [6.07, 6.45) is 1.78. The molecule has 1 aliphatic rings. The lowest BCUT2D eigenvalue weighted by Gasteiger charge is -2.32. The zero-order valence-electron chi connectivity index (χ0n) is 14.5. The Kier molecular flexibility index (Phi) is 4.29. The third-order valence-electron chi connectivity index (χ3n) is 4.42. The van der Waals surface area contributed by atoms with Gasteiger partial charge in [0.1, 0.15) is 11.6 Å². The molecule has 1 aliphatic heterocycles. The topological polar surface area (TPSA) is 86.2 Å². The number of piperidine rings is 1. The molecule has 0 saturated carbocycles. The lowest BCUT2D eigenvalue weighted by atomic mass is 9.96. The molecule has 0 aromatic carbocycles. The van der Waals surface area contributed by atoms with Crippen LogP contribution in [-0.2, 0) is 7.05 Å². The SMILES string of the molecule is Cc1cc(C(=O)N2CCCC(c3nn(C)c(=O)n3C(C)C)C2)no1. The van der Waals surface area contributed by atoms with E-state index in [2.05, 4.69) is 10.3 Å². The molecule has 1 amide bonds. The van der Waals surface area contributed by atoms with Gasteiger partial charge in [0.05, 0.1) is 0 Å². The Morgan fingerprint density at radius 2 is 2.17 bits per heavy atom. The molecule has 0 bridgehead atoms. The first-order valence-electron chi connectivity index (χ1n) is 8.26. The van der Waals surface area contributed by atoms with Crippen LogP contribution in [0.1, 0.15) is 60.7 Å². The molecule has 0 aliphatic carbocycles. The number of amides is 1. The average molecular weight is 333 g/mol. The summed E-state index contributed by atoms with van der Waals surface area (Å²) in [7, 11) is 1.66. The van der Waals surface area contributed by atoms with Crippen molar-refractivity contribution in [2.45, 2.75) is 45.6 Å². The van der Waals surface area contributed by atoms with Crippen molar-refractivity contribution in [3.63, 3.8) is 0 Å². The van der Waals surface area contributed by atoms with Crippen LogP contribution in [0.2, 0.25) is 0 Å². The summed E-state index contributed by atoms with van der Waals surface area (Å²) < 4.78 is 8.09. The van der Waals surface area contributed by atoms with Gasteiger partial charge in [-0.1, -0.05) is 5.16 Å². The number of hydrogen-bond acceptors (Lipinski definition) is 5. The molecule has 130 valence electrons. The van der Waals surface area contributed by atoms with E-state index in [1.165, 1.54) is 4.68 Å². The Balaban J connectivity index is 1.85. The van der Waals surface area contributed by atoms with Gasteiger partial charge in [0.2, 0.25) is 0 Å². The minimum absolute atomic E-state index is 0.0328. The van der Waals surface area contributed by atoms with Crippen LogP contribution in [0.3, 0.4) is 0 Å². The van der Waals surface area contributed by atoms with Gasteiger partial charge in [-0.25, -0.2) is 9.48 Å². The first-order chi connectivity index (χ1) is 11.4. The summed E-state index contributed by atoms with van der Waals surface area (Å²) in [5.41, 5.74) is 0.214. The number of aryl methyl sites for hydroxylation is 2. The van der Waals surface area contributed by atoms with Gasteiger partial charge in [-0.15, -0.1) is 0 Å². The van der Waals surface area contributed by atoms with Crippen molar-refractivity contribution in [3.05, 3.63) is 33.8 Å². The average Bonchev–Trinajstić information content (AvgIpc) is 3.11. The quantitative estimate of drug-likeness (QED) is 0.849. The summed E-state index contributed by atoms with van der Waals surface area (Å²) in [5, 5.41) is 8.23. The van der Waals surface area contributed by atoms with E-state index in [9.17, 15) is 9.59 Å². The van der Waals surface area contributed by atoms with E-state index in [-0.39, 0.29) is 23.6 Å². The van der Waals surface area contributed by atoms with Crippen molar-refractivity contribution in [1.29, 1.82) is 0 Å². The van der Waals surface area contributed by atoms with Gasteiger partial charge < -0.3 is 9.42 Å². The molecule has 2 aromatic heterocycles. The molecule has 0 N–H and O–H groups in total. The van der Waals surface area contributed by atoms with Crippen LogP contribution in [-0.4, -0.2) is 43.4 Å². The highest BCUT2D eigenvalue weighted by molar-refractivity contribution is 5.92. The first-order valence-corrected chi connectivity index (χ1v) is 8.26. The zero-order valence-corrected chi connectivity index (χ0v) is 14.5. The van der Waals surface area contributed by atoms with Crippen molar-refractivity contribution in [2.24, 2.45) is 7.05 Å². The zero-order chi connectivity index (χ0) is 17.4. The lowest BCUT2D eigenvalue weighted by molar-refractivity contribution is 0.0692. The maximum Gasteiger partial charge on any atom is 0.345 e. The van der Waals surface area contributed by atoms with E-state index < -0.39 is 0 Å². The predicted octanol–water partition coefficient (Wildman–Crippen LogP) is 1.48. The van der Waals surface area contributed by atoms with Crippen LogP contribution in [0.4, 0.5) is 0 Å². The van der Waals surface area contributed by atoms with Crippen molar-refractivity contribution < 1.29 is 9.32 Å². The molecule has 0 radical (unpaired) electrons. The molecular weight excluding hydrogens is 310 g/mol. The second-order valence-corrected chi connectivity index (χ2v) is 6.64. The van der Waals surface area contributed by atoms with Crippen LogP contribution in [0.15, 0.2) is 15.4 Å². The van der Waals surface area contributed by atoms with Crippen LogP contribution >= 0.6 is 0 Å². The highest BCUT2D eigenvalue weighted by Crippen LogP contribution is 2.27. The molecule has 2 aromatic rings. The third kappa shape index (κ3) is 2.88. The Bertz CT molecular complexity index is 801. The van der Waals surface area contributed by atoms with Gasteiger partial charge in [-0.05, 0) is 33.6 Å². The van der Waals surface area contributed by atoms with E-state index >= 15 is 0 Å². The van der Waals surface area contributed by atoms with Crippen molar-refractivity contribution >= 4 is 5.91 Å². The first kappa shape index (κ1) is 16.5. The van der Waals surface area contributed by atoms with Crippen molar-refractivity contribution in [3.8, 4) is 0 Å². The molecule has 3 rings (SSSR count). The number of rotatable bonds is 3. The van der Waals surface area contributed by atoms with Crippen molar-refractivity contribution in [1.82, 2.24) is 24.4 Å². The highest BCUT2D eigenvalue weighted by Gasteiger charge is 2.31. The van der Waals surface area contributed by atoms with Crippen LogP contribution in [0.5, 0.6) is 0 Å². The summed E-state index contributed by atoms with van der Waals surface area (Å²) in [4.78, 5) is 26.6. The Morgan fingerprint density at radius 1 is 1.42 bits per heavy atom. The summed E-state index contributed by atoms with van der Waals surface area (Å²) in [6.45, 7) is 6.92. The molecule has 1 unspecified atom stereocenters. The molecule has 1 fully saturated rings. The number of carbonyl (C=O) groups is 1. The fourth-order valence-corrected chi connectivity index (χ4v) is 3.26. The van der Waals surface area contributed by atoms with Crippen LogP contribution < -0.4 is 5.69 Å². The largest absolute Gasteiger partial charge is 0.361 e. The Morgan fingerprint density at radius 3 is 2.79 bits per heavy atom. The third-order valence-corrected chi connectivity index (χ3v) is 4.42. The number of nitrogens with zero attached hydrogens (tertiary/aromatic N) is 5. The normalized spacial score (nSPS) is 18.4. The van der Waals surface area contributed by atoms with Gasteiger partial charge in [0.25, 0.3) is 5.91 Å². The number of aromatic nitrogens is 4. The van der Waals surface area contributed by atoms with E-state index in [0.29, 0.717) is 24.5 Å². The van der Waals surface area contributed by atoms with Crippen LogP contribution in [0.25, 0.3) is 0 Å². The molecule has 8 heteroatoms. The van der Waals surface area contributed by atoms with E-state index in [1.54, 1.807) is 29.5 Å². The smallest absolute Gasteiger partial charge is 0.345 e. The maximum absolute atomic E-state index is 12.6. The fraction of sp³-hybridized carbons (Fsp3) is 0.625. The van der Waals surface area contributed by atoms with Gasteiger partial charge >= 0.3 is 5.69 Å². The monoisotopic (exact) mass is 333 g/mol. The van der Waals surface area contributed by atoms with E-state index in [4.69, 9.17) is 4.52 Å². The summed E-state index contributed by atoms with van der Waals surface area (Å²) in [5.74, 6) is 1.29. The highest BCUT2D eigenvalue weighted by atomic mass is 16.5. The number of carbonyl (C=O) groups excluding carboxylic acids is 1. The van der Waals surface area contributed by atoms with Gasteiger partial charge in [-0.2, -0.15) is 5.10 Å². The van der Waals surface area contributed by atoms with Crippen LogP contribution in [0, 0.1) is 6.92 Å². The molecular formula is C16H23N5O3. The molecule has 0 spiro atoms. The second-order valence-electron chi connectivity index (χ2n) is 6.64. The predicted molar refractivity (Wildman–Crippen MR) is 87.0 cm³/mol. The molecule has 1 saturated heterocycles. The standard InChI is InChI=1S/C16H23N5O3/c1-10(2)21-14(17-19(4)16(21)23)12-6-5-7-20(9-12)15(22)13-8-11(3)24-18-13/h8,10,12H,5-7,9H2,1-4H3. The second kappa shape index (κ2) is 6.26. The molecule has 8 nitrogen and oxygen atoms in total. The van der Waals surface area contributed by atoms with Gasteiger partial charge in [-0.3, -0.25) is 9.36 Å². The van der Waals surface area contributed by atoms with Crippen molar-refractivity contribution in [2.75, 3.05) is 13.1 Å². The Labute approximate surface area is 140 Å². The molecule has 1 atom stereocenters. The minimum Gasteiger partial charge on any atom is -0.361 e. The fourth-order valence-electron chi connectivity index (χ4n) is 3.26. The maximum atomic E-state index is 12.6. The Hall–Kier alpha value is -2.38. The summed E-state index contributed by atoms with van der Waals surface area (Å²) >= 11 is 0. The molecule has 24 heavy (non-hydrogen) atoms. The van der Waals surface area contributed by atoms with E-state index in [1.807, 2.05) is 13.8 Å². The molecule has 3 heterocycles. The van der Waals surface area contributed by atoms with Gasteiger partial charge in [0, 0.05) is 38.2 Å². The van der Waals surface area contributed by atoms with E-state index in [0.717, 1.165) is 18.7 Å². The lowest BCUT2D eigenvalue weighted by Crippen LogP contribution is -2.40.